The fourth-order valence-electron chi connectivity index (χ4n) is 0.912. The lowest BCUT2D eigenvalue weighted by atomic mass is 9.97. The smallest absolute Gasteiger partial charge is 0.292 e. The van der Waals surface area contributed by atoms with Gasteiger partial charge in [-0.2, -0.15) is 0 Å². The van der Waals surface area contributed by atoms with E-state index >= 15 is 0 Å². The van der Waals surface area contributed by atoms with Crippen LogP contribution in [0.4, 0.5) is 0 Å². The molecule has 0 saturated heterocycles. The highest BCUT2D eigenvalue weighted by Gasteiger charge is 2.07. The maximum atomic E-state index is 8.35. The van der Waals surface area contributed by atoms with Crippen LogP contribution in [0.1, 0.15) is 20.8 Å². The van der Waals surface area contributed by atoms with Gasteiger partial charge in [-0.05, 0) is 30.1 Å². The fourth-order valence-corrected chi connectivity index (χ4v) is 0.912. The third-order valence-corrected chi connectivity index (χ3v) is 1.89. The molecule has 0 aliphatic rings. The number of ether oxygens (including phenoxy) is 1. The van der Waals surface area contributed by atoms with Gasteiger partial charge in [0.2, 0.25) is 0 Å². The van der Waals surface area contributed by atoms with Crippen molar-refractivity contribution in [3.8, 4) is 6.26 Å². The number of nitriles is 1. The van der Waals surface area contributed by atoms with Gasteiger partial charge < -0.3 is 4.74 Å². The summed E-state index contributed by atoms with van der Waals surface area (Å²) in [7, 11) is 0. The lowest BCUT2D eigenvalue weighted by Gasteiger charge is -2.11. The van der Waals surface area contributed by atoms with E-state index in [0.717, 1.165) is 11.1 Å². The topological polar surface area (TPSA) is 33.0 Å². The molecular formula is C11H15NO. The third-order valence-electron chi connectivity index (χ3n) is 1.89. The van der Waals surface area contributed by atoms with Crippen LogP contribution in [-0.2, 0) is 4.74 Å². The standard InChI is InChI=1S/C11H15NO/c1-6-11(13-7-12)10(5)9(4)8(2)3/h6,8H,1,4H2,2-3,5H3/b11-10+. The molecule has 0 unspecified atom stereocenters. The molecule has 0 aromatic carbocycles. The van der Waals surface area contributed by atoms with Crippen LogP contribution in [0.15, 0.2) is 36.1 Å². The maximum absolute atomic E-state index is 8.35. The van der Waals surface area contributed by atoms with Crippen molar-refractivity contribution < 1.29 is 4.74 Å². The molecule has 0 N–H and O–H groups in total. The van der Waals surface area contributed by atoms with Crippen LogP contribution in [0.25, 0.3) is 0 Å². The minimum absolute atomic E-state index is 0.345. The zero-order valence-corrected chi connectivity index (χ0v) is 8.42. The first-order valence-corrected chi connectivity index (χ1v) is 4.13. The summed E-state index contributed by atoms with van der Waals surface area (Å²) < 4.78 is 4.73. The van der Waals surface area contributed by atoms with Gasteiger partial charge in [0.25, 0.3) is 6.26 Å². The molecular weight excluding hydrogens is 162 g/mol. The van der Waals surface area contributed by atoms with Crippen LogP contribution in [0, 0.1) is 17.4 Å². The first-order valence-electron chi connectivity index (χ1n) is 4.13. The first kappa shape index (κ1) is 11.5. The van der Waals surface area contributed by atoms with E-state index in [1.54, 1.807) is 6.26 Å². The average molecular weight is 177 g/mol. The van der Waals surface area contributed by atoms with Crippen molar-refractivity contribution in [2.45, 2.75) is 20.8 Å². The van der Waals surface area contributed by atoms with E-state index in [1.807, 2.05) is 20.8 Å². The summed E-state index contributed by atoms with van der Waals surface area (Å²) in [6.45, 7) is 13.4. The van der Waals surface area contributed by atoms with E-state index in [0.29, 0.717) is 11.7 Å². The van der Waals surface area contributed by atoms with Gasteiger partial charge in [0.15, 0.2) is 0 Å². The van der Waals surface area contributed by atoms with Gasteiger partial charge in [-0.25, -0.2) is 0 Å². The molecule has 13 heavy (non-hydrogen) atoms. The lowest BCUT2D eigenvalue weighted by molar-refractivity contribution is 0.387. The number of rotatable bonds is 4. The summed E-state index contributed by atoms with van der Waals surface area (Å²) in [6, 6.07) is 0. The van der Waals surface area contributed by atoms with Gasteiger partial charge in [0.05, 0.1) is 0 Å². The Labute approximate surface area is 79.8 Å². The second kappa shape index (κ2) is 5.21. The molecule has 2 heteroatoms. The average Bonchev–Trinajstić information content (AvgIpc) is 2.11. The van der Waals surface area contributed by atoms with Crippen LogP contribution in [0.2, 0.25) is 0 Å². The van der Waals surface area contributed by atoms with Crippen molar-refractivity contribution in [2.75, 3.05) is 0 Å². The fraction of sp³-hybridized carbons (Fsp3) is 0.364. The first-order chi connectivity index (χ1) is 6.04. The highest BCUT2D eigenvalue weighted by molar-refractivity contribution is 5.34. The minimum atomic E-state index is 0.345. The van der Waals surface area contributed by atoms with E-state index in [9.17, 15) is 0 Å². The molecule has 0 rings (SSSR count). The molecule has 0 spiro atoms. The Balaban J connectivity index is 4.87. The van der Waals surface area contributed by atoms with Crippen molar-refractivity contribution in [2.24, 2.45) is 5.92 Å². The highest BCUT2D eigenvalue weighted by Crippen LogP contribution is 2.21. The third kappa shape index (κ3) is 3.16. The Morgan fingerprint density at radius 1 is 1.54 bits per heavy atom. The van der Waals surface area contributed by atoms with Crippen LogP contribution < -0.4 is 0 Å². The van der Waals surface area contributed by atoms with Gasteiger partial charge in [-0.1, -0.05) is 27.0 Å². The van der Waals surface area contributed by atoms with Crippen molar-refractivity contribution in [1.29, 1.82) is 5.26 Å². The monoisotopic (exact) mass is 177 g/mol. The van der Waals surface area contributed by atoms with Crippen LogP contribution in [0.5, 0.6) is 0 Å². The Bertz CT molecular complexity index is 279. The van der Waals surface area contributed by atoms with Crippen molar-refractivity contribution in [3.05, 3.63) is 36.1 Å². The predicted octanol–water partition coefficient (Wildman–Crippen LogP) is 3.16. The molecule has 0 aromatic heterocycles. The number of allylic oxidation sites excluding steroid dienone is 3. The normalized spacial score (nSPS) is 11.6. The summed E-state index contributed by atoms with van der Waals surface area (Å²) in [5.41, 5.74) is 1.84. The Kier molecular flexibility index (Phi) is 4.61. The summed E-state index contributed by atoms with van der Waals surface area (Å²) in [5, 5.41) is 8.35. The number of hydrogen-bond acceptors (Lipinski definition) is 2. The summed E-state index contributed by atoms with van der Waals surface area (Å²) >= 11 is 0. The van der Waals surface area contributed by atoms with Crippen molar-refractivity contribution in [3.63, 3.8) is 0 Å². The highest BCUT2D eigenvalue weighted by atomic mass is 16.5. The summed E-state index contributed by atoms with van der Waals surface area (Å²) in [4.78, 5) is 0. The van der Waals surface area contributed by atoms with Gasteiger partial charge in [-0.15, -0.1) is 5.26 Å². The van der Waals surface area contributed by atoms with Gasteiger partial charge in [-0.3, -0.25) is 0 Å². The molecule has 0 amide bonds. The van der Waals surface area contributed by atoms with Gasteiger partial charge >= 0.3 is 0 Å². The Hall–Kier alpha value is -1.49. The lowest BCUT2D eigenvalue weighted by Crippen LogP contribution is -1.97. The van der Waals surface area contributed by atoms with Crippen LogP contribution >= 0.6 is 0 Å². The second-order valence-electron chi connectivity index (χ2n) is 3.07. The van der Waals surface area contributed by atoms with E-state index < -0.39 is 0 Å². The van der Waals surface area contributed by atoms with Gasteiger partial charge in [0, 0.05) is 0 Å². The molecule has 0 heterocycles. The molecule has 0 saturated carbocycles. The Morgan fingerprint density at radius 3 is 2.38 bits per heavy atom. The summed E-state index contributed by atoms with van der Waals surface area (Å²) in [5.74, 6) is 0.832. The molecule has 0 aromatic rings. The molecule has 2 nitrogen and oxygen atoms in total. The zero-order chi connectivity index (χ0) is 10.4. The second-order valence-corrected chi connectivity index (χ2v) is 3.07. The largest absolute Gasteiger partial charge is 0.388 e. The van der Waals surface area contributed by atoms with Crippen LogP contribution in [-0.4, -0.2) is 0 Å². The molecule has 0 atom stereocenters. The SMILES string of the molecule is C=C/C(OC#N)=C(/C)C(=C)C(C)C. The maximum Gasteiger partial charge on any atom is 0.292 e. The predicted molar refractivity (Wildman–Crippen MR) is 53.6 cm³/mol. The number of hydrogen-bond donors (Lipinski definition) is 0. The molecule has 0 radical (unpaired) electrons. The molecule has 0 aliphatic carbocycles. The molecule has 0 bridgehead atoms. The van der Waals surface area contributed by atoms with E-state index in [2.05, 4.69) is 13.2 Å². The summed E-state index contributed by atoms with van der Waals surface area (Å²) in [6.07, 6.45) is 3.14. The molecule has 70 valence electrons. The minimum Gasteiger partial charge on any atom is -0.388 e. The van der Waals surface area contributed by atoms with E-state index in [-0.39, 0.29) is 0 Å². The zero-order valence-electron chi connectivity index (χ0n) is 8.42. The van der Waals surface area contributed by atoms with Crippen molar-refractivity contribution in [1.82, 2.24) is 0 Å². The molecule has 0 aliphatic heterocycles. The van der Waals surface area contributed by atoms with E-state index in [4.69, 9.17) is 10.00 Å². The molecule has 0 fully saturated rings. The quantitative estimate of drug-likeness (QED) is 0.375. The van der Waals surface area contributed by atoms with E-state index in [1.165, 1.54) is 6.08 Å². The van der Waals surface area contributed by atoms with Crippen molar-refractivity contribution >= 4 is 0 Å². The van der Waals surface area contributed by atoms with Gasteiger partial charge in [0.1, 0.15) is 5.76 Å². The Morgan fingerprint density at radius 2 is 2.08 bits per heavy atom. The van der Waals surface area contributed by atoms with Crippen LogP contribution in [0.3, 0.4) is 0 Å². The number of nitrogens with zero attached hydrogens (tertiary/aromatic N) is 1.